The van der Waals surface area contributed by atoms with Gasteiger partial charge in [-0.05, 0) is 69.4 Å². The minimum Gasteiger partial charge on any atom is -0.489 e. The molecular weight excluding hydrogens is 330 g/mol. The van der Waals surface area contributed by atoms with Crippen molar-refractivity contribution in [2.24, 2.45) is 0 Å². The Morgan fingerprint density at radius 1 is 0.920 bits per heavy atom. The van der Waals surface area contributed by atoms with Crippen molar-refractivity contribution in [1.29, 1.82) is 0 Å². The van der Waals surface area contributed by atoms with Crippen molar-refractivity contribution in [2.75, 3.05) is 24.6 Å². The van der Waals surface area contributed by atoms with Crippen molar-refractivity contribution >= 4 is 23.1 Å². The van der Waals surface area contributed by atoms with Crippen LogP contribution in [0.1, 0.15) is 27.7 Å². The second-order valence-corrected chi connectivity index (χ2v) is 7.30. The van der Waals surface area contributed by atoms with E-state index in [1.54, 1.807) is 11.8 Å². The first-order valence-electron chi connectivity index (χ1n) is 8.78. The highest BCUT2D eigenvalue weighted by Gasteiger charge is 2.19. The van der Waals surface area contributed by atoms with Gasteiger partial charge in [-0.2, -0.15) is 0 Å². The summed E-state index contributed by atoms with van der Waals surface area (Å²) < 4.78 is 6.11. The van der Waals surface area contributed by atoms with Crippen molar-refractivity contribution < 1.29 is 4.74 Å². The summed E-state index contributed by atoms with van der Waals surface area (Å²) in [5, 5.41) is 0. The highest BCUT2D eigenvalue weighted by molar-refractivity contribution is 7.99. The Morgan fingerprint density at radius 2 is 1.52 bits per heavy atom. The zero-order valence-corrected chi connectivity index (χ0v) is 16.3. The van der Waals surface area contributed by atoms with E-state index in [2.05, 4.69) is 44.7 Å². The summed E-state index contributed by atoms with van der Waals surface area (Å²) in [7, 11) is 0. The number of nitrogen functional groups attached to an aromatic ring is 2. The molecule has 0 aromatic heterocycles. The third-order valence-electron chi connectivity index (χ3n) is 4.51. The van der Waals surface area contributed by atoms with Crippen molar-refractivity contribution in [3.05, 3.63) is 42.5 Å². The van der Waals surface area contributed by atoms with Crippen LogP contribution in [0, 0.1) is 0 Å². The van der Waals surface area contributed by atoms with Crippen LogP contribution in [0.5, 0.6) is 5.75 Å². The molecule has 2 aromatic rings. The number of hydrogen-bond acceptors (Lipinski definition) is 5. The van der Waals surface area contributed by atoms with Crippen molar-refractivity contribution in [3.63, 3.8) is 0 Å². The predicted molar refractivity (Wildman–Crippen MR) is 108 cm³/mol. The van der Waals surface area contributed by atoms with Crippen LogP contribution < -0.4 is 16.2 Å². The molecule has 0 radical (unpaired) electrons. The second-order valence-electron chi connectivity index (χ2n) is 6.15. The summed E-state index contributed by atoms with van der Waals surface area (Å²) in [5.74, 6) is 0.896. The third kappa shape index (κ3) is 5.31. The number of rotatable bonds is 8. The van der Waals surface area contributed by atoms with Gasteiger partial charge in [-0.1, -0.05) is 25.6 Å². The maximum Gasteiger partial charge on any atom is 0.119 e. The molecule has 2 rings (SSSR count). The van der Waals surface area contributed by atoms with E-state index in [9.17, 15) is 0 Å². The maximum atomic E-state index is 6.11. The second kappa shape index (κ2) is 9.02. The fourth-order valence-corrected chi connectivity index (χ4v) is 3.61. The zero-order valence-electron chi connectivity index (χ0n) is 15.5. The molecule has 0 amide bonds. The molecule has 0 saturated heterocycles. The van der Waals surface area contributed by atoms with Gasteiger partial charge in [0.2, 0.25) is 0 Å². The van der Waals surface area contributed by atoms with Gasteiger partial charge < -0.3 is 16.2 Å². The lowest BCUT2D eigenvalue weighted by molar-refractivity contribution is 0.0948. The fraction of sp³-hybridized carbons (Fsp3) is 0.400. The molecule has 0 aliphatic carbocycles. The zero-order chi connectivity index (χ0) is 18.4. The van der Waals surface area contributed by atoms with Gasteiger partial charge in [-0.25, -0.2) is 0 Å². The van der Waals surface area contributed by atoms with E-state index in [4.69, 9.17) is 16.2 Å². The van der Waals surface area contributed by atoms with Gasteiger partial charge in [-0.15, -0.1) is 0 Å². The Kier molecular flexibility index (Phi) is 7.02. The quantitative estimate of drug-likeness (QED) is 0.679. The normalized spacial score (nSPS) is 13.6. The Balaban J connectivity index is 1.98. The van der Waals surface area contributed by atoms with E-state index in [1.165, 1.54) is 0 Å². The third-order valence-corrected chi connectivity index (χ3v) is 5.50. The van der Waals surface area contributed by atoms with Crippen LogP contribution in [0.2, 0.25) is 0 Å². The lowest BCUT2D eigenvalue weighted by atomic mass is 10.1. The van der Waals surface area contributed by atoms with Gasteiger partial charge in [0.25, 0.3) is 0 Å². The van der Waals surface area contributed by atoms with Crippen LogP contribution in [-0.4, -0.2) is 30.1 Å². The van der Waals surface area contributed by atoms with Crippen LogP contribution in [0.25, 0.3) is 0 Å². The topological polar surface area (TPSA) is 64.5 Å². The van der Waals surface area contributed by atoms with Gasteiger partial charge in [0.05, 0.1) is 11.4 Å². The number of likely N-dealkylation sites (N-methyl/N-ethyl adjacent to an activating group) is 1. The number of ether oxygens (including phenoxy) is 1. The summed E-state index contributed by atoms with van der Waals surface area (Å²) in [5.41, 5.74) is 12.9. The van der Waals surface area contributed by atoms with Crippen molar-refractivity contribution in [3.8, 4) is 5.75 Å². The number of benzene rings is 2. The molecule has 0 aliphatic rings. The van der Waals surface area contributed by atoms with Gasteiger partial charge in [-0.3, -0.25) is 4.90 Å². The molecule has 0 aliphatic heterocycles. The molecule has 5 heteroatoms. The van der Waals surface area contributed by atoms with Crippen LogP contribution in [-0.2, 0) is 0 Å². The van der Waals surface area contributed by atoms with Gasteiger partial charge in [0.15, 0.2) is 0 Å². The first-order chi connectivity index (χ1) is 11.9. The Bertz CT molecular complexity index is 671. The molecule has 2 atom stereocenters. The van der Waals surface area contributed by atoms with Crippen molar-refractivity contribution in [2.45, 2.75) is 49.6 Å². The maximum absolute atomic E-state index is 6.11. The Labute approximate surface area is 155 Å². The van der Waals surface area contributed by atoms with E-state index >= 15 is 0 Å². The number of hydrogen-bond donors (Lipinski definition) is 2. The van der Waals surface area contributed by atoms with Crippen LogP contribution in [0.3, 0.4) is 0 Å². The van der Waals surface area contributed by atoms with Gasteiger partial charge >= 0.3 is 0 Å². The molecule has 2 unspecified atom stereocenters. The van der Waals surface area contributed by atoms with Crippen LogP contribution >= 0.6 is 11.8 Å². The number of nitrogens with zero attached hydrogens (tertiary/aromatic N) is 1. The van der Waals surface area contributed by atoms with E-state index in [1.807, 2.05) is 30.3 Å². The van der Waals surface area contributed by atoms with E-state index in [0.717, 1.165) is 28.6 Å². The molecule has 2 aromatic carbocycles. The van der Waals surface area contributed by atoms with Crippen LogP contribution in [0.4, 0.5) is 11.4 Å². The number of nitrogens with two attached hydrogens (primary N) is 2. The fourth-order valence-electron chi connectivity index (χ4n) is 2.75. The minimum atomic E-state index is 0.135. The lowest BCUT2D eigenvalue weighted by Gasteiger charge is -2.31. The molecule has 4 nitrogen and oxygen atoms in total. The average Bonchev–Trinajstić information content (AvgIpc) is 2.61. The summed E-state index contributed by atoms with van der Waals surface area (Å²) in [6, 6.07) is 14.3. The highest BCUT2D eigenvalue weighted by Crippen LogP contribution is 2.32. The van der Waals surface area contributed by atoms with E-state index in [0.29, 0.717) is 17.4 Å². The number of anilines is 2. The van der Waals surface area contributed by atoms with E-state index in [-0.39, 0.29) is 6.10 Å². The lowest BCUT2D eigenvalue weighted by Crippen LogP contribution is -2.42. The monoisotopic (exact) mass is 359 g/mol. The SMILES string of the molecule is CCN(CC)C(C)C(C)Oc1ccc(Sc2ccc(N)c(N)c2)cc1. The summed E-state index contributed by atoms with van der Waals surface area (Å²) in [4.78, 5) is 4.62. The Hall–Kier alpha value is -1.85. The standard InChI is InChI=1S/C20H29N3OS/c1-5-23(6-2)14(3)15(4)24-16-7-9-17(10-8-16)25-18-11-12-19(21)20(22)13-18/h7-15H,5-6,21-22H2,1-4H3. The van der Waals surface area contributed by atoms with Crippen molar-refractivity contribution in [1.82, 2.24) is 4.90 Å². The highest BCUT2D eigenvalue weighted by atomic mass is 32.2. The summed E-state index contributed by atoms with van der Waals surface area (Å²) >= 11 is 1.66. The van der Waals surface area contributed by atoms with E-state index < -0.39 is 0 Å². The molecular formula is C20H29N3OS. The Morgan fingerprint density at radius 3 is 2.08 bits per heavy atom. The van der Waals surface area contributed by atoms with Crippen LogP contribution in [0.15, 0.2) is 52.3 Å². The summed E-state index contributed by atoms with van der Waals surface area (Å²) in [6.07, 6.45) is 0.135. The molecule has 25 heavy (non-hydrogen) atoms. The first-order valence-corrected chi connectivity index (χ1v) is 9.59. The van der Waals surface area contributed by atoms with Gasteiger partial charge in [0, 0.05) is 15.8 Å². The molecule has 0 fully saturated rings. The summed E-state index contributed by atoms with van der Waals surface area (Å²) in [6.45, 7) is 10.8. The molecule has 136 valence electrons. The largest absolute Gasteiger partial charge is 0.489 e. The molecule has 0 saturated carbocycles. The first kappa shape index (κ1) is 19.5. The minimum absolute atomic E-state index is 0.135. The molecule has 0 bridgehead atoms. The smallest absolute Gasteiger partial charge is 0.119 e. The molecule has 0 spiro atoms. The molecule has 0 heterocycles. The van der Waals surface area contributed by atoms with Gasteiger partial charge in [0.1, 0.15) is 11.9 Å². The average molecular weight is 360 g/mol. The molecule has 4 N–H and O–H groups in total. The predicted octanol–water partition coefficient (Wildman–Crippen LogP) is 4.50.